The van der Waals surface area contributed by atoms with Crippen LogP contribution >= 0.6 is 0 Å². The zero-order valence-corrected chi connectivity index (χ0v) is 13.2. The number of hydrogen-bond donors (Lipinski definition) is 2. The fourth-order valence-corrected chi connectivity index (χ4v) is 2.39. The lowest BCUT2D eigenvalue weighted by Crippen LogP contribution is -2.39. The Bertz CT molecular complexity index is 468. The lowest BCUT2D eigenvalue weighted by Gasteiger charge is -2.20. The molecule has 0 radical (unpaired) electrons. The molecule has 1 saturated carbocycles. The smallest absolute Gasteiger partial charge is 0.319 e. The fraction of sp³-hybridized carbons (Fsp3) is 0.588. The van der Waals surface area contributed by atoms with Gasteiger partial charge in [-0.2, -0.15) is 0 Å². The van der Waals surface area contributed by atoms with E-state index < -0.39 is 0 Å². The lowest BCUT2D eigenvalue weighted by atomic mass is 10.1. The van der Waals surface area contributed by atoms with Gasteiger partial charge in [0.25, 0.3) is 0 Å². The van der Waals surface area contributed by atoms with Gasteiger partial charge < -0.3 is 15.4 Å². The highest BCUT2D eigenvalue weighted by atomic mass is 16.5. The van der Waals surface area contributed by atoms with E-state index in [9.17, 15) is 4.79 Å². The highest BCUT2D eigenvalue weighted by molar-refractivity contribution is 5.91. The van der Waals surface area contributed by atoms with Crippen molar-refractivity contribution in [3.05, 3.63) is 24.3 Å². The summed E-state index contributed by atoms with van der Waals surface area (Å²) in [4.78, 5) is 12.0. The molecular formula is C17H26N2O2. The number of anilines is 1. The molecule has 0 saturated heterocycles. The molecule has 0 spiro atoms. The van der Waals surface area contributed by atoms with Crippen molar-refractivity contribution in [2.75, 3.05) is 5.32 Å². The number of carbonyl (C=O) groups is 1. The van der Waals surface area contributed by atoms with Gasteiger partial charge in [0.1, 0.15) is 5.75 Å². The summed E-state index contributed by atoms with van der Waals surface area (Å²) in [5.41, 5.74) is 0.734. The van der Waals surface area contributed by atoms with Crippen molar-refractivity contribution in [1.29, 1.82) is 0 Å². The van der Waals surface area contributed by atoms with Gasteiger partial charge in [-0.05, 0) is 50.7 Å². The molecule has 0 heterocycles. The van der Waals surface area contributed by atoms with E-state index in [1.807, 2.05) is 31.2 Å². The number of rotatable bonds is 5. The molecule has 2 rings (SSSR count). The second-order valence-electron chi connectivity index (χ2n) is 6.15. The molecule has 116 valence electrons. The third-order valence-electron chi connectivity index (χ3n) is 4.09. The largest absolute Gasteiger partial charge is 0.488 e. The monoisotopic (exact) mass is 290 g/mol. The number of para-hydroxylation sites is 2. The number of carbonyl (C=O) groups excluding carboxylic acids is 1. The first kappa shape index (κ1) is 15.7. The number of ether oxygens (including phenoxy) is 1. The van der Waals surface area contributed by atoms with E-state index in [0.717, 1.165) is 24.3 Å². The van der Waals surface area contributed by atoms with Crippen LogP contribution in [0.3, 0.4) is 0 Å². The summed E-state index contributed by atoms with van der Waals surface area (Å²) < 4.78 is 6.02. The topological polar surface area (TPSA) is 50.4 Å². The quantitative estimate of drug-likeness (QED) is 0.855. The van der Waals surface area contributed by atoms with Gasteiger partial charge in [-0.15, -0.1) is 0 Å². The van der Waals surface area contributed by atoms with Crippen LogP contribution in [0.5, 0.6) is 5.75 Å². The Hall–Kier alpha value is -1.71. The van der Waals surface area contributed by atoms with Gasteiger partial charge in [0.15, 0.2) is 0 Å². The van der Waals surface area contributed by atoms with Gasteiger partial charge in [-0.25, -0.2) is 4.79 Å². The van der Waals surface area contributed by atoms with Crippen molar-refractivity contribution in [2.45, 2.75) is 58.6 Å². The van der Waals surface area contributed by atoms with Crippen molar-refractivity contribution >= 4 is 11.7 Å². The Labute approximate surface area is 127 Å². The zero-order chi connectivity index (χ0) is 15.2. The molecule has 0 aliphatic heterocycles. The minimum atomic E-state index is -0.182. The van der Waals surface area contributed by atoms with Gasteiger partial charge in [-0.1, -0.05) is 26.0 Å². The molecule has 2 amide bonds. The third kappa shape index (κ3) is 4.66. The Balaban J connectivity index is 1.97. The lowest BCUT2D eigenvalue weighted by molar-refractivity contribution is 0.211. The van der Waals surface area contributed by atoms with Gasteiger partial charge >= 0.3 is 6.03 Å². The summed E-state index contributed by atoms with van der Waals surface area (Å²) in [6.07, 6.45) is 4.94. The van der Waals surface area contributed by atoms with Crippen molar-refractivity contribution in [3.8, 4) is 5.75 Å². The van der Waals surface area contributed by atoms with Gasteiger partial charge in [0.05, 0.1) is 11.8 Å². The number of amides is 2. The molecule has 1 aromatic carbocycles. The molecule has 1 fully saturated rings. The Morgan fingerprint density at radius 3 is 2.52 bits per heavy atom. The van der Waals surface area contributed by atoms with E-state index in [1.54, 1.807) is 0 Å². The molecular weight excluding hydrogens is 264 g/mol. The predicted molar refractivity (Wildman–Crippen MR) is 85.8 cm³/mol. The standard InChI is InChI=1S/C17H26N2O2/c1-12(2)13(3)18-17(20)19-15-10-6-7-11-16(15)21-14-8-4-5-9-14/h6-7,10-14H,4-5,8-9H2,1-3H3,(H2,18,19,20). The highest BCUT2D eigenvalue weighted by Crippen LogP contribution is 2.29. The summed E-state index contributed by atoms with van der Waals surface area (Å²) in [5, 5.41) is 5.84. The minimum Gasteiger partial charge on any atom is -0.488 e. The van der Waals surface area contributed by atoms with Crippen LogP contribution in [-0.4, -0.2) is 18.2 Å². The Morgan fingerprint density at radius 1 is 1.19 bits per heavy atom. The first-order valence-corrected chi connectivity index (χ1v) is 7.89. The maximum atomic E-state index is 12.0. The SMILES string of the molecule is CC(C)C(C)NC(=O)Nc1ccccc1OC1CCCC1. The molecule has 4 nitrogen and oxygen atoms in total. The molecule has 1 atom stereocenters. The third-order valence-corrected chi connectivity index (χ3v) is 4.09. The van der Waals surface area contributed by atoms with Crippen LogP contribution in [-0.2, 0) is 0 Å². The van der Waals surface area contributed by atoms with Gasteiger partial charge in [0.2, 0.25) is 0 Å². The summed E-state index contributed by atoms with van der Waals surface area (Å²) in [7, 11) is 0. The zero-order valence-electron chi connectivity index (χ0n) is 13.2. The molecule has 0 bridgehead atoms. The van der Waals surface area contributed by atoms with E-state index in [2.05, 4.69) is 24.5 Å². The average Bonchev–Trinajstić information content (AvgIpc) is 2.93. The Morgan fingerprint density at radius 2 is 1.86 bits per heavy atom. The second kappa shape index (κ2) is 7.34. The molecule has 1 aliphatic carbocycles. The van der Waals surface area contributed by atoms with Crippen LogP contribution in [0.15, 0.2) is 24.3 Å². The molecule has 2 N–H and O–H groups in total. The molecule has 1 unspecified atom stereocenters. The summed E-state index contributed by atoms with van der Waals surface area (Å²) in [6.45, 7) is 6.18. The van der Waals surface area contributed by atoms with Crippen LogP contribution in [0, 0.1) is 5.92 Å². The summed E-state index contributed by atoms with van der Waals surface area (Å²) in [5.74, 6) is 1.16. The van der Waals surface area contributed by atoms with E-state index in [0.29, 0.717) is 5.92 Å². The molecule has 21 heavy (non-hydrogen) atoms. The number of urea groups is 1. The van der Waals surface area contributed by atoms with E-state index in [1.165, 1.54) is 12.8 Å². The number of nitrogens with one attached hydrogen (secondary N) is 2. The number of hydrogen-bond acceptors (Lipinski definition) is 2. The van der Waals surface area contributed by atoms with Crippen molar-refractivity contribution in [1.82, 2.24) is 5.32 Å². The van der Waals surface area contributed by atoms with Crippen LogP contribution < -0.4 is 15.4 Å². The van der Waals surface area contributed by atoms with Crippen LogP contribution in [0.25, 0.3) is 0 Å². The van der Waals surface area contributed by atoms with Crippen LogP contribution in [0.4, 0.5) is 10.5 Å². The van der Waals surface area contributed by atoms with Gasteiger partial charge in [0, 0.05) is 6.04 Å². The average molecular weight is 290 g/mol. The molecule has 4 heteroatoms. The maximum absolute atomic E-state index is 12.0. The predicted octanol–water partition coefficient (Wildman–Crippen LogP) is 4.17. The van der Waals surface area contributed by atoms with Crippen molar-refractivity contribution in [3.63, 3.8) is 0 Å². The normalized spacial score (nSPS) is 16.8. The molecule has 0 aromatic heterocycles. The van der Waals surface area contributed by atoms with E-state index >= 15 is 0 Å². The van der Waals surface area contributed by atoms with Crippen molar-refractivity contribution < 1.29 is 9.53 Å². The first-order valence-electron chi connectivity index (χ1n) is 7.89. The molecule has 1 aliphatic rings. The first-order chi connectivity index (χ1) is 10.1. The Kier molecular flexibility index (Phi) is 5.48. The van der Waals surface area contributed by atoms with Gasteiger partial charge in [-0.3, -0.25) is 0 Å². The van der Waals surface area contributed by atoms with E-state index in [-0.39, 0.29) is 18.2 Å². The van der Waals surface area contributed by atoms with Crippen LogP contribution in [0.2, 0.25) is 0 Å². The highest BCUT2D eigenvalue weighted by Gasteiger charge is 2.18. The molecule has 1 aromatic rings. The minimum absolute atomic E-state index is 0.132. The van der Waals surface area contributed by atoms with Crippen LogP contribution in [0.1, 0.15) is 46.5 Å². The van der Waals surface area contributed by atoms with Crippen molar-refractivity contribution in [2.24, 2.45) is 5.92 Å². The number of benzene rings is 1. The van der Waals surface area contributed by atoms with E-state index in [4.69, 9.17) is 4.74 Å². The second-order valence-corrected chi connectivity index (χ2v) is 6.15. The summed E-state index contributed by atoms with van der Waals surface area (Å²) in [6, 6.07) is 7.59. The fourth-order valence-electron chi connectivity index (χ4n) is 2.39. The maximum Gasteiger partial charge on any atom is 0.319 e. The summed E-state index contributed by atoms with van der Waals surface area (Å²) >= 11 is 0.